The van der Waals surface area contributed by atoms with Crippen LogP contribution in [0.15, 0.2) is 58.4 Å². The lowest BCUT2D eigenvalue weighted by atomic mass is 10.1. The molecular formula is C22H23ClN4O3. The van der Waals surface area contributed by atoms with Gasteiger partial charge in [0.15, 0.2) is 11.5 Å². The van der Waals surface area contributed by atoms with Crippen LogP contribution in [0.2, 0.25) is 5.02 Å². The first kappa shape index (κ1) is 21.4. The van der Waals surface area contributed by atoms with E-state index in [2.05, 4.69) is 20.5 Å². The minimum Gasteiger partial charge on any atom is -0.490 e. The van der Waals surface area contributed by atoms with Gasteiger partial charge in [0, 0.05) is 11.6 Å². The molecule has 3 aromatic rings. The molecule has 0 spiro atoms. The molecule has 1 aromatic heterocycles. The van der Waals surface area contributed by atoms with Crippen LogP contribution in [0.1, 0.15) is 25.8 Å². The zero-order chi connectivity index (χ0) is 21.3. The molecule has 0 saturated heterocycles. The van der Waals surface area contributed by atoms with Gasteiger partial charge in [-0.05, 0) is 31.0 Å². The minimum atomic E-state index is -0.277. The number of hydrazone groups is 1. The highest BCUT2D eigenvalue weighted by Gasteiger charge is 2.12. The lowest BCUT2D eigenvalue weighted by molar-refractivity contribution is 0.277. The third-order valence-corrected chi connectivity index (χ3v) is 4.26. The Bertz CT molecular complexity index is 1070. The van der Waals surface area contributed by atoms with Crippen LogP contribution in [0, 0.1) is 0 Å². The Kier molecular flexibility index (Phi) is 7.45. The largest absolute Gasteiger partial charge is 0.490 e. The molecule has 0 radical (unpaired) electrons. The summed E-state index contributed by atoms with van der Waals surface area (Å²) in [6, 6.07) is 14.4. The zero-order valence-electron chi connectivity index (χ0n) is 16.8. The van der Waals surface area contributed by atoms with Crippen molar-refractivity contribution in [2.24, 2.45) is 5.10 Å². The Labute approximate surface area is 179 Å². The molecule has 0 bridgehead atoms. The van der Waals surface area contributed by atoms with E-state index in [1.165, 1.54) is 6.07 Å². The molecule has 0 amide bonds. The van der Waals surface area contributed by atoms with E-state index in [9.17, 15) is 4.79 Å². The quantitative estimate of drug-likeness (QED) is 0.381. The Morgan fingerprint density at radius 2 is 1.97 bits per heavy atom. The first-order valence-electron chi connectivity index (χ1n) is 9.65. The molecular weight excluding hydrogens is 404 g/mol. The van der Waals surface area contributed by atoms with Gasteiger partial charge in [-0.3, -0.25) is 9.78 Å². The fourth-order valence-corrected chi connectivity index (χ4v) is 2.98. The van der Waals surface area contributed by atoms with E-state index in [1.54, 1.807) is 18.3 Å². The lowest BCUT2D eigenvalue weighted by Gasteiger charge is -2.13. The highest BCUT2D eigenvalue weighted by atomic mass is 35.5. The predicted molar refractivity (Wildman–Crippen MR) is 120 cm³/mol. The first-order chi connectivity index (χ1) is 14.6. The number of aromatic nitrogens is 2. The molecule has 0 aliphatic carbocycles. The summed E-state index contributed by atoms with van der Waals surface area (Å²) in [5.41, 5.74) is 4.58. The van der Waals surface area contributed by atoms with E-state index in [0.29, 0.717) is 41.0 Å². The summed E-state index contributed by atoms with van der Waals surface area (Å²) >= 11 is 6.36. The molecule has 1 heterocycles. The van der Waals surface area contributed by atoms with Crippen molar-refractivity contribution in [1.29, 1.82) is 0 Å². The fourth-order valence-electron chi connectivity index (χ4n) is 2.70. The molecule has 0 unspecified atom stereocenters. The van der Waals surface area contributed by atoms with Gasteiger partial charge in [0.1, 0.15) is 0 Å². The van der Waals surface area contributed by atoms with Crippen LogP contribution in [0.5, 0.6) is 11.5 Å². The molecule has 7 nitrogen and oxygen atoms in total. The van der Waals surface area contributed by atoms with Crippen LogP contribution in [-0.4, -0.2) is 29.4 Å². The van der Waals surface area contributed by atoms with E-state index < -0.39 is 0 Å². The van der Waals surface area contributed by atoms with Crippen LogP contribution >= 0.6 is 11.6 Å². The normalized spacial score (nSPS) is 10.9. The third kappa shape index (κ3) is 5.61. The Morgan fingerprint density at radius 3 is 2.70 bits per heavy atom. The van der Waals surface area contributed by atoms with Crippen LogP contribution in [-0.2, 0) is 0 Å². The van der Waals surface area contributed by atoms with E-state index >= 15 is 0 Å². The highest BCUT2D eigenvalue weighted by Crippen LogP contribution is 2.36. The van der Waals surface area contributed by atoms with Gasteiger partial charge in [0.2, 0.25) is 5.95 Å². The summed E-state index contributed by atoms with van der Waals surface area (Å²) < 4.78 is 11.3. The molecule has 2 aromatic carbocycles. The molecule has 8 heteroatoms. The second-order valence-corrected chi connectivity index (χ2v) is 6.73. The summed E-state index contributed by atoms with van der Waals surface area (Å²) in [5.74, 6) is 1.31. The zero-order valence-corrected chi connectivity index (χ0v) is 17.6. The maximum absolute atomic E-state index is 12.0. The van der Waals surface area contributed by atoms with Gasteiger partial charge in [-0.1, -0.05) is 48.9 Å². The maximum Gasteiger partial charge on any atom is 0.252 e. The summed E-state index contributed by atoms with van der Waals surface area (Å²) in [6.45, 7) is 4.94. The second kappa shape index (κ2) is 10.5. The van der Waals surface area contributed by atoms with Gasteiger partial charge in [0.25, 0.3) is 5.56 Å². The van der Waals surface area contributed by atoms with Crippen molar-refractivity contribution < 1.29 is 9.47 Å². The van der Waals surface area contributed by atoms with E-state index in [4.69, 9.17) is 21.1 Å². The number of hydrogen-bond donors (Lipinski definition) is 2. The number of ether oxygens (including phenoxy) is 2. The molecule has 156 valence electrons. The Balaban J connectivity index is 1.80. The van der Waals surface area contributed by atoms with Crippen molar-refractivity contribution >= 4 is 23.8 Å². The van der Waals surface area contributed by atoms with Gasteiger partial charge >= 0.3 is 0 Å². The molecule has 0 atom stereocenters. The standard InChI is InChI=1S/C22H23ClN4O3/c1-3-10-30-21-17(23)11-15(12-19(21)29-4-2)14-24-27-22-25-18(13-20(28)26-22)16-8-6-5-7-9-16/h5-9,11-14H,3-4,10H2,1-2H3,(H2,25,26,27,28)/b24-14-. The van der Waals surface area contributed by atoms with Crippen molar-refractivity contribution in [1.82, 2.24) is 9.97 Å². The number of H-pyrrole nitrogens is 1. The number of halogens is 1. The van der Waals surface area contributed by atoms with Crippen LogP contribution in [0.25, 0.3) is 11.3 Å². The lowest BCUT2D eigenvalue weighted by Crippen LogP contribution is -2.10. The molecule has 0 saturated carbocycles. The number of nitrogens with zero attached hydrogens (tertiary/aromatic N) is 2. The molecule has 2 N–H and O–H groups in total. The van der Waals surface area contributed by atoms with E-state index in [0.717, 1.165) is 12.0 Å². The number of anilines is 1. The number of nitrogens with one attached hydrogen (secondary N) is 2. The van der Waals surface area contributed by atoms with Gasteiger partial charge in [-0.25, -0.2) is 10.4 Å². The fraction of sp³-hybridized carbons (Fsp3) is 0.227. The SMILES string of the molecule is CCCOc1c(Cl)cc(/C=N\Nc2nc(-c3ccccc3)cc(=O)[nH]2)cc1OCC. The topological polar surface area (TPSA) is 88.6 Å². The van der Waals surface area contributed by atoms with Crippen molar-refractivity contribution in [3.63, 3.8) is 0 Å². The average Bonchev–Trinajstić information content (AvgIpc) is 2.74. The van der Waals surface area contributed by atoms with Crippen molar-refractivity contribution in [2.75, 3.05) is 18.6 Å². The predicted octanol–water partition coefficient (Wildman–Crippen LogP) is 4.72. The van der Waals surface area contributed by atoms with E-state index in [1.807, 2.05) is 44.2 Å². The molecule has 3 rings (SSSR count). The molecule has 0 aliphatic heterocycles. The number of hydrogen-bond acceptors (Lipinski definition) is 6. The summed E-state index contributed by atoms with van der Waals surface area (Å²) in [7, 11) is 0. The van der Waals surface area contributed by atoms with Crippen LogP contribution in [0.4, 0.5) is 5.95 Å². The molecule has 0 aliphatic rings. The van der Waals surface area contributed by atoms with Crippen LogP contribution < -0.4 is 20.5 Å². The third-order valence-electron chi connectivity index (χ3n) is 3.98. The van der Waals surface area contributed by atoms with Crippen molar-refractivity contribution in [3.05, 3.63) is 69.5 Å². The summed E-state index contributed by atoms with van der Waals surface area (Å²) in [5, 5.41) is 4.60. The highest BCUT2D eigenvalue weighted by molar-refractivity contribution is 6.32. The van der Waals surface area contributed by atoms with Gasteiger partial charge in [-0.2, -0.15) is 5.10 Å². The summed E-state index contributed by atoms with van der Waals surface area (Å²) in [4.78, 5) is 19.0. The Morgan fingerprint density at radius 1 is 1.17 bits per heavy atom. The van der Waals surface area contributed by atoms with Gasteiger partial charge in [-0.15, -0.1) is 0 Å². The van der Waals surface area contributed by atoms with Crippen molar-refractivity contribution in [2.45, 2.75) is 20.3 Å². The second-order valence-electron chi connectivity index (χ2n) is 6.33. The van der Waals surface area contributed by atoms with E-state index in [-0.39, 0.29) is 11.5 Å². The van der Waals surface area contributed by atoms with Gasteiger partial charge < -0.3 is 9.47 Å². The summed E-state index contributed by atoms with van der Waals surface area (Å²) in [6.07, 6.45) is 2.43. The van der Waals surface area contributed by atoms with Gasteiger partial charge in [0.05, 0.1) is 30.1 Å². The smallest absolute Gasteiger partial charge is 0.252 e. The number of benzene rings is 2. The van der Waals surface area contributed by atoms with Crippen molar-refractivity contribution in [3.8, 4) is 22.8 Å². The molecule has 0 fully saturated rings. The first-order valence-corrected chi connectivity index (χ1v) is 10.0. The van der Waals surface area contributed by atoms with Crippen LogP contribution in [0.3, 0.4) is 0 Å². The Hall–Kier alpha value is -3.32. The maximum atomic E-state index is 12.0. The monoisotopic (exact) mass is 426 g/mol. The number of rotatable bonds is 9. The average molecular weight is 427 g/mol. The molecule has 30 heavy (non-hydrogen) atoms. The minimum absolute atomic E-state index is 0.233. The number of aromatic amines is 1.